The highest BCUT2D eigenvalue weighted by atomic mass is 35.5. The van der Waals surface area contributed by atoms with Crippen molar-refractivity contribution in [2.75, 3.05) is 0 Å². The first-order valence-electron chi connectivity index (χ1n) is 8.01. The average molecular weight is 281 g/mol. The molecule has 2 heteroatoms. The fourth-order valence-electron chi connectivity index (χ4n) is 8.46. The summed E-state index contributed by atoms with van der Waals surface area (Å²) in [5.74, 6) is 7.95. The van der Waals surface area contributed by atoms with Gasteiger partial charge >= 0.3 is 0 Å². The van der Waals surface area contributed by atoms with E-state index in [-0.39, 0.29) is 4.33 Å². The Morgan fingerprint density at radius 2 is 1.39 bits per heavy atom. The lowest BCUT2D eigenvalue weighted by molar-refractivity contribution is 0.146. The Kier molecular flexibility index (Phi) is 1.13. The molecule has 7 rings (SSSR count). The van der Waals surface area contributed by atoms with Crippen molar-refractivity contribution < 1.29 is 0 Å². The molecule has 0 heterocycles. The molecule has 0 aromatic rings. The summed E-state index contributed by atoms with van der Waals surface area (Å²) in [4.78, 5) is 0. The zero-order valence-electron chi connectivity index (χ0n) is 10.4. The minimum Gasteiger partial charge on any atom is -0.101 e. The first-order valence-corrected chi connectivity index (χ1v) is 8.76. The van der Waals surface area contributed by atoms with Gasteiger partial charge in [-0.25, -0.2) is 0 Å². The van der Waals surface area contributed by atoms with Crippen LogP contribution in [0.1, 0.15) is 32.1 Å². The monoisotopic (exact) mass is 280 g/mol. The molecule has 7 fully saturated rings. The average Bonchev–Trinajstić information content (AvgIpc) is 3.12. The topological polar surface area (TPSA) is 0 Å². The molecule has 8 atom stereocenters. The minimum atomic E-state index is -0.303. The van der Waals surface area contributed by atoms with E-state index in [9.17, 15) is 0 Å². The maximum Gasteiger partial charge on any atom is 0.125 e. The van der Waals surface area contributed by atoms with Crippen LogP contribution in [0.2, 0.25) is 0 Å². The summed E-state index contributed by atoms with van der Waals surface area (Å²) >= 11 is 13.4. The van der Waals surface area contributed by atoms with Gasteiger partial charge in [0.15, 0.2) is 0 Å². The van der Waals surface area contributed by atoms with Crippen molar-refractivity contribution in [2.24, 2.45) is 58.2 Å². The van der Waals surface area contributed by atoms with Gasteiger partial charge < -0.3 is 0 Å². The Morgan fingerprint density at radius 3 is 2.06 bits per heavy atom. The van der Waals surface area contributed by atoms with Crippen LogP contribution in [-0.4, -0.2) is 4.33 Å². The van der Waals surface area contributed by atoms with Crippen molar-refractivity contribution in [1.29, 1.82) is 0 Å². The lowest BCUT2D eigenvalue weighted by Crippen LogP contribution is -2.32. The molecule has 7 aliphatic rings. The van der Waals surface area contributed by atoms with Gasteiger partial charge in [-0.2, -0.15) is 0 Å². The van der Waals surface area contributed by atoms with E-state index in [0.717, 1.165) is 40.9 Å². The quantitative estimate of drug-likeness (QED) is 0.586. The van der Waals surface area contributed by atoms with Crippen LogP contribution in [0.15, 0.2) is 0 Å². The molecule has 0 saturated heterocycles. The summed E-state index contributed by atoms with van der Waals surface area (Å²) in [6.07, 6.45) is 7.64. The Hall–Kier alpha value is 0.580. The Labute approximate surface area is 118 Å². The van der Waals surface area contributed by atoms with E-state index < -0.39 is 0 Å². The standard InChI is InChI=1S/C16H18Cl2/c17-16(18)12-8-9-6-5-7(6)10(14(9)1-2-14)11(8)15(3-4-15)13(12)16/h6-13H,1-5H2/t6-,7+,8+,9+,10-,11+,12-,13-/m1/s1. The fraction of sp³-hybridized carbons (Fsp3) is 1.00. The van der Waals surface area contributed by atoms with Crippen LogP contribution in [0.4, 0.5) is 0 Å². The van der Waals surface area contributed by atoms with Crippen LogP contribution >= 0.6 is 23.2 Å². The molecule has 7 saturated carbocycles. The lowest BCUT2D eigenvalue weighted by atomic mass is 9.72. The maximum atomic E-state index is 6.68. The summed E-state index contributed by atoms with van der Waals surface area (Å²) in [7, 11) is 0. The molecule has 0 radical (unpaired) electrons. The minimum absolute atomic E-state index is 0.303. The SMILES string of the molecule is ClC1(Cl)[C@@H]2[C@H]3[C@@H]4[C@@H]5C[C@@H]5[C@H]([C@H]3C3(CC3)[C@@H]21)C41CC1. The number of fused-ring (bicyclic) bond motifs is 10. The van der Waals surface area contributed by atoms with Gasteiger partial charge in [-0.05, 0) is 78.4 Å². The van der Waals surface area contributed by atoms with Gasteiger partial charge in [-0.15, -0.1) is 23.2 Å². The van der Waals surface area contributed by atoms with E-state index >= 15 is 0 Å². The van der Waals surface area contributed by atoms with Crippen LogP contribution in [0.5, 0.6) is 0 Å². The third-order valence-electron chi connectivity index (χ3n) is 8.82. The largest absolute Gasteiger partial charge is 0.125 e. The molecule has 0 N–H and O–H groups in total. The van der Waals surface area contributed by atoms with Crippen molar-refractivity contribution in [3.63, 3.8) is 0 Å². The number of alkyl halides is 2. The third-order valence-corrected chi connectivity index (χ3v) is 9.79. The Balaban J connectivity index is 1.47. The molecule has 7 aliphatic carbocycles. The summed E-state index contributed by atoms with van der Waals surface area (Å²) in [5.41, 5.74) is 1.50. The second-order valence-electron chi connectivity index (χ2n) is 8.86. The lowest BCUT2D eigenvalue weighted by Gasteiger charge is -2.34. The molecule has 0 unspecified atom stereocenters. The van der Waals surface area contributed by atoms with Gasteiger partial charge in [0.05, 0.1) is 0 Å². The van der Waals surface area contributed by atoms with E-state index in [0.29, 0.717) is 17.3 Å². The molecule has 0 aromatic heterocycles. The zero-order chi connectivity index (χ0) is 11.7. The summed E-state index contributed by atoms with van der Waals surface area (Å²) in [6, 6.07) is 0. The zero-order valence-corrected chi connectivity index (χ0v) is 11.9. The van der Waals surface area contributed by atoms with E-state index in [1.54, 1.807) is 19.3 Å². The van der Waals surface area contributed by atoms with Gasteiger partial charge in [-0.3, -0.25) is 0 Å². The van der Waals surface area contributed by atoms with Crippen molar-refractivity contribution in [3.05, 3.63) is 0 Å². The highest BCUT2D eigenvalue weighted by Gasteiger charge is 2.93. The van der Waals surface area contributed by atoms with Crippen LogP contribution in [-0.2, 0) is 0 Å². The van der Waals surface area contributed by atoms with Crippen molar-refractivity contribution >= 4 is 23.2 Å². The van der Waals surface area contributed by atoms with E-state index in [4.69, 9.17) is 23.2 Å². The van der Waals surface area contributed by atoms with Crippen LogP contribution in [0, 0.1) is 58.2 Å². The first kappa shape index (κ1) is 9.50. The second-order valence-corrected chi connectivity index (χ2v) is 10.3. The molecule has 0 nitrogen and oxygen atoms in total. The predicted molar refractivity (Wildman–Crippen MR) is 70.3 cm³/mol. The molecule has 2 spiro atoms. The van der Waals surface area contributed by atoms with Crippen LogP contribution in [0.25, 0.3) is 0 Å². The summed E-state index contributed by atoms with van der Waals surface area (Å²) < 4.78 is -0.303. The third kappa shape index (κ3) is 0.652. The predicted octanol–water partition coefficient (Wildman–Crippen LogP) is 4.11. The van der Waals surface area contributed by atoms with Gasteiger partial charge in [0.1, 0.15) is 4.33 Å². The molecule has 2 bridgehead atoms. The van der Waals surface area contributed by atoms with Gasteiger partial charge in [0.2, 0.25) is 0 Å². The molecule has 0 amide bonds. The van der Waals surface area contributed by atoms with Crippen LogP contribution < -0.4 is 0 Å². The van der Waals surface area contributed by atoms with Gasteiger partial charge in [0, 0.05) is 11.8 Å². The van der Waals surface area contributed by atoms with Crippen LogP contribution in [0.3, 0.4) is 0 Å². The summed E-state index contributed by atoms with van der Waals surface area (Å²) in [5, 5.41) is 0. The molecule has 18 heavy (non-hydrogen) atoms. The highest BCUT2D eigenvalue weighted by Crippen LogP contribution is 2.97. The highest BCUT2D eigenvalue weighted by molar-refractivity contribution is 6.51. The molecule has 96 valence electrons. The molecular formula is C16H18Cl2. The normalized spacial score (nSPS) is 71.0. The van der Waals surface area contributed by atoms with E-state index in [1.807, 2.05) is 0 Å². The van der Waals surface area contributed by atoms with Crippen molar-refractivity contribution in [3.8, 4) is 0 Å². The van der Waals surface area contributed by atoms with E-state index in [1.165, 1.54) is 12.8 Å². The Bertz CT molecular complexity index is 515. The molecule has 0 aliphatic heterocycles. The van der Waals surface area contributed by atoms with Gasteiger partial charge in [0.25, 0.3) is 0 Å². The smallest absolute Gasteiger partial charge is 0.101 e. The van der Waals surface area contributed by atoms with Crippen molar-refractivity contribution in [1.82, 2.24) is 0 Å². The first-order chi connectivity index (χ1) is 8.63. The van der Waals surface area contributed by atoms with Gasteiger partial charge in [-0.1, -0.05) is 0 Å². The maximum absolute atomic E-state index is 6.68. The fourth-order valence-corrected chi connectivity index (χ4v) is 9.58. The van der Waals surface area contributed by atoms with E-state index in [2.05, 4.69) is 0 Å². The number of hydrogen-bond acceptors (Lipinski definition) is 0. The second kappa shape index (κ2) is 2.13. The summed E-state index contributed by atoms with van der Waals surface area (Å²) in [6.45, 7) is 0. The Morgan fingerprint density at radius 1 is 0.722 bits per heavy atom. The van der Waals surface area contributed by atoms with Crippen molar-refractivity contribution in [2.45, 2.75) is 36.4 Å². The number of rotatable bonds is 0. The molecular weight excluding hydrogens is 263 g/mol. The molecule has 0 aromatic carbocycles. The number of hydrogen-bond donors (Lipinski definition) is 0. The number of halogens is 2.